The molecule has 0 radical (unpaired) electrons. The molecule has 0 aliphatic carbocycles. The van der Waals surface area contributed by atoms with Gasteiger partial charge >= 0.3 is 0 Å². The third-order valence-electron chi connectivity index (χ3n) is 9.18. The van der Waals surface area contributed by atoms with E-state index < -0.39 is 67.9 Å². The Morgan fingerprint density at radius 1 is 0.525 bits per heavy atom. The lowest BCUT2D eigenvalue weighted by Crippen LogP contribution is -2.02. The minimum atomic E-state index is -5.01. The van der Waals surface area contributed by atoms with Crippen LogP contribution in [0.15, 0.2) is 150 Å². The Labute approximate surface area is 347 Å². The van der Waals surface area contributed by atoms with E-state index in [4.69, 9.17) is 9.47 Å². The number of fused-ring (bicyclic) bond motifs is 2. The summed E-state index contributed by atoms with van der Waals surface area (Å²) >= 11 is 0. The van der Waals surface area contributed by atoms with E-state index in [9.17, 15) is 49.1 Å². The van der Waals surface area contributed by atoms with Crippen LogP contribution < -0.4 is 14.8 Å². The topological polar surface area (TPSA) is 284 Å². The zero-order valence-corrected chi connectivity index (χ0v) is 33.9. The molecular formula is C40H31N5O13S3. The Kier molecular flexibility index (Phi) is 11.2. The minimum absolute atomic E-state index is 0.0327. The second-order valence-corrected chi connectivity index (χ2v) is 17.3. The van der Waals surface area contributed by atoms with Crippen LogP contribution in [0.25, 0.3) is 32.7 Å². The molecule has 7 aromatic carbocycles. The van der Waals surface area contributed by atoms with Crippen LogP contribution in [-0.4, -0.2) is 63.3 Å². The van der Waals surface area contributed by atoms with Gasteiger partial charge < -0.3 is 25.0 Å². The summed E-state index contributed by atoms with van der Waals surface area (Å²) in [5.41, 5.74) is 1.23. The van der Waals surface area contributed by atoms with E-state index in [1.54, 1.807) is 24.3 Å². The first kappa shape index (κ1) is 42.1. The van der Waals surface area contributed by atoms with E-state index in [1.165, 1.54) is 56.7 Å². The lowest BCUT2D eigenvalue weighted by atomic mass is 10.0. The number of nitrogens with zero attached hydrogens (tertiary/aromatic N) is 4. The molecule has 0 atom stereocenters. The van der Waals surface area contributed by atoms with Gasteiger partial charge in [-0.25, -0.2) is 0 Å². The molecule has 0 heterocycles. The first-order valence-electron chi connectivity index (χ1n) is 17.4. The number of anilines is 2. The smallest absolute Gasteiger partial charge is 0.296 e. The van der Waals surface area contributed by atoms with Crippen molar-refractivity contribution in [2.75, 3.05) is 19.5 Å². The van der Waals surface area contributed by atoms with Gasteiger partial charge in [-0.15, -0.1) is 20.5 Å². The average Bonchev–Trinajstić information content (AvgIpc) is 3.21. The highest BCUT2D eigenvalue weighted by atomic mass is 32.2. The molecule has 0 saturated carbocycles. The number of rotatable bonds is 12. The van der Waals surface area contributed by atoms with E-state index in [-0.39, 0.29) is 44.4 Å². The zero-order chi connectivity index (χ0) is 43.9. The number of ether oxygens (including phenoxy) is 2. The van der Waals surface area contributed by atoms with Crippen LogP contribution in [0.4, 0.5) is 34.1 Å². The van der Waals surface area contributed by atoms with Crippen LogP contribution in [0.1, 0.15) is 0 Å². The number of phenolic OH excluding ortho intramolecular Hbond substituents is 2. The highest BCUT2D eigenvalue weighted by molar-refractivity contribution is 7.86. The number of azo groups is 2. The lowest BCUT2D eigenvalue weighted by molar-refractivity contribution is 0.416. The van der Waals surface area contributed by atoms with Gasteiger partial charge in [-0.3, -0.25) is 13.7 Å². The van der Waals surface area contributed by atoms with Gasteiger partial charge in [0, 0.05) is 22.1 Å². The standard InChI is InChI=1S/C40H31N5O13S3/c1-57-34-19-23(9-15-32(34)43-44-37-35(60(51,52)53)20-24-16-27(10-12-29(24)39(37)47)41-26-6-4-3-5-7-26)22-8-14-31(33(46)18-22)42-45-38-36(61(54,55)56)21-25-17-28(59(48,49)50)11-13-30(25)40(38)58-2/h3-21,41,46-47H,1-2H3,(H,48,49,50)(H,51,52,53)(H,54,55,56). The molecule has 0 amide bonds. The lowest BCUT2D eigenvalue weighted by Gasteiger charge is -2.13. The number of aromatic hydroxyl groups is 2. The molecule has 312 valence electrons. The monoisotopic (exact) mass is 885 g/mol. The molecule has 21 heteroatoms. The van der Waals surface area contributed by atoms with E-state index in [0.717, 1.165) is 23.9 Å². The van der Waals surface area contributed by atoms with Gasteiger partial charge in [-0.05, 0) is 107 Å². The predicted octanol–water partition coefficient (Wildman–Crippen LogP) is 9.40. The fourth-order valence-corrected chi connectivity index (χ4v) is 8.15. The summed E-state index contributed by atoms with van der Waals surface area (Å²) in [6, 6.07) is 28.2. The van der Waals surface area contributed by atoms with Crippen LogP contribution in [-0.2, 0) is 30.4 Å². The van der Waals surface area contributed by atoms with Gasteiger partial charge in [-0.2, -0.15) is 25.3 Å². The molecule has 0 fully saturated rings. The van der Waals surface area contributed by atoms with Crippen molar-refractivity contribution < 1.29 is 58.6 Å². The van der Waals surface area contributed by atoms with Crippen LogP contribution in [0, 0.1) is 0 Å². The number of methoxy groups -OCH3 is 2. The van der Waals surface area contributed by atoms with Gasteiger partial charge in [0.15, 0.2) is 11.5 Å². The Balaban J connectivity index is 1.19. The molecule has 0 bridgehead atoms. The SMILES string of the molecule is COc1cc(-c2ccc(N=Nc3c(S(=O)(=O)O)cc4cc(S(=O)(=O)O)ccc4c3OC)c(O)c2)ccc1N=Nc1c(S(=O)(=O)O)cc2cc(Nc3ccccc3)ccc2c1O. The molecule has 7 aromatic rings. The summed E-state index contributed by atoms with van der Waals surface area (Å²) in [4.78, 5) is -2.03. The van der Waals surface area contributed by atoms with Crippen LogP contribution >= 0.6 is 0 Å². The van der Waals surface area contributed by atoms with Crippen molar-refractivity contribution in [2.24, 2.45) is 20.5 Å². The van der Waals surface area contributed by atoms with Crippen molar-refractivity contribution in [2.45, 2.75) is 14.7 Å². The quantitative estimate of drug-likeness (QED) is 0.0492. The van der Waals surface area contributed by atoms with Gasteiger partial charge in [0.05, 0.1) is 19.1 Å². The third kappa shape index (κ3) is 8.82. The fourth-order valence-electron chi connectivity index (χ4n) is 6.32. The van der Waals surface area contributed by atoms with Gasteiger partial charge in [0.2, 0.25) is 0 Å². The molecule has 7 rings (SSSR count). The molecule has 0 aliphatic heterocycles. The van der Waals surface area contributed by atoms with Crippen molar-refractivity contribution in [1.82, 2.24) is 0 Å². The summed E-state index contributed by atoms with van der Waals surface area (Å²) in [7, 11) is -12.1. The molecule has 6 N–H and O–H groups in total. The maximum absolute atomic E-state index is 12.5. The van der Waals surface area contributed by atoms with Crippen molar-refractivity contribution in [1.29, 1.82) is 0 Å². The first-order valence-corrected chi connectivity index (χ1v) is 21.7. The zero-order valence-electron chi connectivity index (χ0n) is 31.5. The predicted molar refractivity (Wildman–Crippen MR) is 224 cm³/mol. The highest BCUT2D eigenvalue weighted by Gasteiger charge is 2.25. The largest absolute Gasteiger partial charge is 0.506 e. The van der Waals surface area contributed by atoms with Gasteiger partial charge in [0.25, 0.3) is 30.4 Å². The number of phenols is 2. The van der Waals surface area contributed by atoms with Crippen LogP contribution in [0.3, 0.4) is 0 Å². The number of benzene rings is 7. The van der Waals surface area contributed by atoms with Gasteiger partial charge in [0.1, 0.15) is 44.0 Å². The maximum Gasteiger partial charge on any atom is 0.296 e. The first-order chi connectivity index (χ1) is 28.8. The Bertz CT molecular complexity index is 3310. The number of para-hydroxylation sites is 1. The number of hydrogen-bond donors (Lipinski definition) is 6. The second-order valence-electron chi connectivity index (χ2n) is 13.1. The van der Waals surface area contributed by atoms with Crippen LogP contribution in [0.2, 0.25) is 0 Å². The molecule has 0 aliphatic rings. The molecule has 0 saturated heterocycles. The number of hydrogen-bond acceptors (Lipinski definition) is 15. The van der Waals surface area contributed by atoms with E-state index in [1.807, 2.05) is 30.3 Å². The van der Waals surface area contributed by atoms with Gasteiger partial charge in [-0.1, -0.05) is 30.3 Å². The van der Waals surface area contributed by atoms with Crippen molar-refractivity contribution in [3.63, 3.8) is 0 Å². The summed E-state index contributed by atoms with van der Waals surface area (Å²) in [6.07, 6.45) is 0. The molecule has 18 nitrogen and oxygen atoms in total. The summed E-state index contributed by atoms with van der Waals surface area (Å²) in [6.45, 7) is 0. The summed E-state index contributed by atoms with van der Waals surface area (Å²) in [5, 5.41) is 42.0. The number of nitrogens with one attached hydrogen (secondary N) is 1. The van der Waals surface area contributed by atoms with Crippen molar-refractivity contribution in [3.05, 3.63) is 115 Å². The summed E-state index contributed by atoms with van der Waals surface area (Å²) in [5.74, 6) is -1.04. The van der Waals surface area contributed by atoms with E-state index in [0.29, 0.717) is 16.8 Å². The second kappa shape index (κ2) is 16.2. The highest BCUT2D eigenvalue weighted by Crippen LogP contribution is 2.45. The maximum atomic E-state index is 12.5. The fraction of sp³-hybridized carbons (Fsp3) is 0.0500. The van der Waals surface area contributed by atoms with Crippen molar-refractivity contribution in [3.8, 4) is 34.1 Å². The minimum Gasteiger partial charge on any atom is -0.506 e. The third-order valence-corrected chi connectivity index (χ3v) is 11.8. The molecule has 0 aromatic heterocycles. The molecular weight excluding hydrogens is 855 g/mol. The van der Waals surface area contributed by atoms with Crippen molar-refractivity contribution >= 4 is 86.0 Å². The Morgan fingerprint density at radius 3 is 1.74 bits per heavy atom. The molecule has 0 unspecified atom stereocenters. The average molecular weight is 886 g/mol. The summed E-state index contributed by atoms with van der Waals surface area (Å²) < 4.78 is 114. The van der Waals surface area contributed by atoms with E-state index in [2.05, 4.69) is 25.8 Å². The molecule has 0 spiro atoms. The Morgan fingerprint density at radius 2 is 1.11 bits per heavy atom. The van der Waals surface area contributed by atoms with E-state index >= 15 is 0 Å². The normalized spacial score (nSPS) is 12.4. The van der Waals surface area contributed by atoms with Crippen LogP contribution in [0.5, 0.6) is 23.0 Å². The molecule has 61 heavy (non-hydrogen) atoms. The Hall–Kier alpha value is -7.01.